The third-order valence-electron chi connectivity index (χ3n) is 2.85. The standard InChI is InChI=1S/C16H15FO/c1-11-9-14(10-12(2)16(11)18)4-3-13-5-7-15(17)8-6-13/h3-10,18H,1-2H3/b4-3+. The first-order valence-electron chi connectivity index (χ1n) is 5.80. The first-order chi connectivity index (χ1) is 8.56. The maximum atomic E-state index is 12.7. The van der Waals surface area contributed by atoms with Crippen LogP contribution in [0.15, 0.2) is 36.4 Å². The van der Waals surface area contributed by atoms with Crippen molar-refractivity contribution >= 4 is 12.2 Å². The molecule has 0 aliphatic rings. The van der Waals surface area contributed by atoms with E-state index in [2.05, 4.69) is 0 Å². The zero-order chi connectivity index (χ0) is 13.1. The van der Waals surface area contributed by atoms with Crippen LogP contribution in [0.25, 0.3) is 12.2 Å². The van der Waals surface area contributed by atoms with Crippen molar-refractivity contribution in [3.05, 3.63) is 64.5 Å². The fourth-order valence-electron chi connectivity index (χ4n) is 1.85. The van der Waals surface area contributed by atoms with Crippen molar-refractivity contribution in [1.82, 2.24) is 0 Å². The number of halogens is 1. The number of benzene rings is 2. The molecule has 0 amide bonds. The zero-order valence-electron chi connectivity index (χ0n) is 10.4. The quantitative estimate of drug-likeness (QED) is 0.778. The minimum Gasteiger partial charge on any atom is -0.507 e. The van der Waals surface area contributed by atoms with Gasteiger partial charge in [-0.2, -0.15) is 0 Å². The second-order valence-electron chi connectivity index (χ2n) is 4.39. The van der Waals surface area contributed by atoms with Gasteiger partial charge in [-0.15, -0.1) is 0 Å². The first kappa shape index (κ1) is 12.4. The molecule has 0 aromatic heterocycles. The molecule has 2 aromatic carbocycles. The van der Waals surface area contributed by atoms with Gasteiger partial charge in [0.25, 0.3) is 0 Å². The summed E-state index contributed by atoms with van der Waals surface area (Å²) in [6, 6.07) is 10.2. The van der Waals surface area contributed by atoms with Crippen LogP contribution in [-0.4, -0.2) is 5.11 Å². The molecule has 0 unspecified atom stereocenters. The van der Waals surface area contributed by atoms with E-state index in [0.29, 0.717) is 5.75 Å². The number of hydrogen-bond acceptors (Lipinski definition) is 1. The minimum absolute atomic E-state index is 0.233. The molecule has 0 saturated carbocycles. The van der Waals surface area contributed by atoms with Crippen LogP contribution < -0.4 is 0 Å². The maximum Gasteiger partial charge on any atom is 0.123 e. The van der Waals surface area contributed by atoms with E-state index in [1.54, 1.807) is 12.1 Å². The highest BCUT2D eigenvalue weighted by Gasteiger charge is 2.01. The lowest BCUT2D eigenvalue weighted by Gasteiger charge is -2.04. The molecular weight excluding hydrogens is 227 g/mol. The molecule has 92 valence electrons. The van der Waals surface area contributed by atoms with Crippen LogP contribution in [0.5, 0.6) is 5.75 Å². The van der Waals surface area contributed by atoms with Crippen molar-refractivity contribution in [2.24, 2.45) is 0 Å². The molecule has 2 rings (SSSR count). The van der Waals surface area contributed by atoms with E-state index in [0.717, 1.165) is 22.3 Å². The molecule has 0 atom stereocenters. The van der Waals surface area contributed by atoms with Gasteiger partial charge in [-0.05, 0) is 60.4 Å². The van der Waals surface area contributed by atoms with Gasteiger partial charge in [0.1, 0.15) is 11.6 Å². The van der Waals surface area contributed by atoms with Crippen LogP contribution in [-0.2, 0) is 0 Å². The van der Waals surface area contributed by atoms with Gasteiger partial charge in [0.15, 0.2) is 0 Å². The predicted octanol–water partition coefficient (Wildman–Crippen LogP) is 4.32. The SMILES string of the molecule is Cc1cc(/C=C/c2ccc(F)cc2)cc(C)c1O. The average molecular weight is 242 g/mol. The second-order valence-corrected chi connectivity index (χ2v) is 4.39. The Morgan fingerprint density at radius 1 is 0.889 bits per heavy atom. The van der Waals surface area contributed by atoms with Gasteiger partial charge in [0.05, 0.1) is 0 Å². The largest absolute Gasteiger partial charge is 0.507 e. The summed E-state index contributed by atoms with van der Waals surface area (Å²) in [5.41, 5.74) is 3.68. The lowest BCUT2D eigenvalue weighted by Crippen LogP contribution is -1.83. The Morgan fingerprint density at radius 3 is 1.94 bits per heavy atom. The molecule has 2 aromatic rings. The normalized spacial score (nSPS) is 11.1. The van der Waals surface area contributed by atoms with E-state index in [9.17, 15) is 9.50 Å². The number of aryl methyl sites for hydroxylation is 2. The molecule has 1 N–H and O–H groups in total. The first-order valence-corrected chi connectivity index (χ1v) is 5.80. The summed E-state index contributed by atoms with van der Waals surface area (Å²) < 4.78 is 12.7. The summed E-state index contributed by atoms with van der Waals surface area (Å²) in [6.07, 6.45) is 3.87. The smallest absolute Gasteiger partial charge is 0.123 e. The molecule has 0 saturated heterocycles. The molecule has 18 heavy (non-hydrogen) atoms. The Bertz CT molecular complexity index is 560. The van der Waals surface area contributed by atoms with Gasteiger partial charge in [0.2, 0.25) is 0 Å². The topological polar surface area (TPSA) is 20.2 Å². The van der Waals surface area contributed by atoms with Gasteiger partial charge in [0, 0.05) is 0 Å². The lowest BCUT2D eigenvalue weighted by atomic mass is 10.0. The summed E-state index contributed by atoms with van der Waals surface area (Å²) in [4.78, 5) is 0. The summed E-state index contributed by atoms with van der Waals surface area (Å²) >= 11 is 0. The molecule has 0 radical (unpaired) electrons. The number of phenolic OH excluding ortho intramolecular Hbond substituents is 1. The highest BCUT2D eigenvalue weighted by atomic mass is 19.1. The molecule has 0 fully saturated rings. The number of aromatic hydroxyl groups is 1. The fourth-order valence-corrected chi connectivity index (χ4v) is 1.85. The zero-order valence-corrected chi connectivity index (χ0v) is 10.4. The van der Waals surface area contributed by atoms with Crippen molar-refractivity contribution in [2.75, 3.05) is 0 Å². The third kappa shape index (κ3) is 2.77. The van der Waals surface area contributed by atoms with Crippen molar-refractivity contribution in [3.8, 4) is 5.75 Å². The molecular formula is C16H15FO. The van der Waals surface area contributed by atoms with Crippen LogP contribution in [0.2, 0.25) is 0 Å². The van der Waals surface area contributed by atoms with Gasteiger partial charge in [-0.25, -0.2) is 4.39 Å². The van der Waals surface area contributed by atoms with Crippen LogP contribution in [0.4, 0.5) is 4.39 Å². The van der Waals surface area contributed by atoms with E-state index in [-0.39, 0.29) is 5.82 Å². The molecule has 0 aliphatic heterocycles. The monoisotopic (exact) mass is 242 g/mol. The number of hydrogen-bond donors (Lipinski definition) is 1. The number of rotatable bonds is 2. The maximum absolute atomic E-state index is 12.7. The summed E-state index contributed by atoms with van der Waals surface area (Å²) in [5, 5.41) is 9.68. The molecule has 0 bridgehead atoms. The summed E-state index contributed by atoms with van der Waals surface area (Å²) in [6.45, 7) is 3.75. The van der Waals surface area contributed by atoms with Gasteiger partial charge >= 0.3 is 0 Å². The van der Waals surface area contributed by atoms with Gasteiger partial charge < -0.3 is 5.11 Å². The average Bonchev–Trinajstić information content (AvgIpc) is 2.35. The van der Waals surface area contributed by atoms with Crippen molar-refractivity contribution in [3.63, 3.8) is 0 Å². The Morgan fingerprint density at radius 2 is 1.39 bits per heavy atom. The van der Waals surface area contributed by atoms with E-state index >= 15 is 0 Å². The van der Waals surface area contributed by atoms with E-state index in [1.807, 2.05) is 38.1 Å². The highest BCUT2D eigenvalue weighted by Crippen LogP contribution is 2.23. The minimum atomic E-state index is -0.233. The lowest BCUT2D eigenvalue weighted by molar-refractivity contribution is 0.467. The van der Waals surface area contributed by atoms with Crippen LogP contribution in [0.1, 0.15) is 22.3 Å². The van der Waals surface area contributed by atoms with Crippen molar-refractivity contribution < 1.29 is 9.50 Å². The number of phenols is 1. The Kier molecular flexibility index (Phi) is 3.47. The van der Waals surface area contributed by atoms with Crippen LogP contribution in [0.3, 0.4) is 0 Å². The summed E-state index contributed by atoms with van der Waals surface area (Å²) in [5.74, 6) is 0.109. The predicted molar refractivity (Wildman–Crippen MR) is 72.9 cm³/mol. The Labute approximate surface area is 106 Å². The molecule has 2 heteroatoms. The summed E-state index contributed by atoms with van der Waals surface area (Å²) in [7, 11) is 0. The Hall–Kier alpha value is -2.09. The van der Waals surface area contributed by atoms with E-state index in [1.165, 1.54) is 12.1 Å². The van der Waals surface area contributed by atoms with Crippen molar-refractivity contribution in [2.45, 2.75) is 13.8 Å². The van der Waals surface area contributed by atoms with Gasteiger partial charge in [-0.1, -0.05) is 24.3 Å². The van der Waals surface area contributed by atoms with Crippen LogP contribution in [0, 0.1) is 19.7 Å². The molecule has 0 heterocycles. The third-order valence-corrected chi connectivity index (χ3v) is 2.85. The molecule has 0 aliphatic carbocycles. The van der Waals surface area contributed by atoms with E-state index < -0.39 is 0 Å². The highest BCUT2D eigenvalue weighted by molar-refractivity contribution is 5.70. The second kappa shape index (κ2) is 5.05. The van der Waals surface area contributed by atoms with Crippen molar-refractivity contribution in [1.29, 1.82) is 0 Å². The van der Waals surface area contributed by atoms with Gasteiger partial charge in [-0.3, -0.25) is 0 Å². The molecule has 0 spiro atoms. The van der Waals surface area contributed by atoms with Crippen LogP contribution >= 0.6 is 0 Å². The van der Waals surface area contributed by atoms with E-state index in [4.69, 9.17) is 0 Å². The fraction of sp³-hybridized carbons (Fsp3) is 0.125. The molecule has 1 nitrogen and oxygen atoms in total. The Balaban J connectivity index is 2.26.